The van der Waals surface area contributed by atoms with Crippen molar-refractivity contribution in [3.05, 3.63) is 82.9 Å². The molecule has 1 heterocycles. The second kappa shape index (κ2) is 11.4. The largest absolute Gasteiger partial charge is 0.466 e. The number of nitrogens with zero attached hydrogens (tertiary/aromatic N) is 3. The van der Waals surface area contributed by atoms with E-state index < -0.39 is 12.0 Å². The average Bonchev–Trinajstić information content (AvgIpc) is 2.89. The number of para-hydroxylation sites is 1. The number of rotatable bonds is 9. The standard InChI is InChI=1S/C30H33N3O4/c1-5-37-28(35)17-16-27(34)32(19-20(2)3)21(4)29-31-26-13-9-8-12-25(26)30(36)33(29)24-15-14-22-10-6-7-11-23(22)18-24/h6-15,18,20-21H,5,16-17,19H2,1-4H3. The van der Waals surface area contributed by atoms with Crippen LogP contribution in [-0.4, -0.2) is 39.5 Å². The van der Waals surface area contributed by atoms with Crippen LogP contribution in [0.25, 0.3) is 27.4 Å². The molecule has 0 saturated heterocycles. The zero-order valence-electron chi connectivity index (χ0n) is 21.8. The molecule has 0 spiro atoms. The Morgan fingerprint density at radius 3 is 2.38 bits per heavy atom. The maximum atomic E-state index is 13.9. The molecular weight excluding hydrogens is 466 g/mol. The number of carbonyl (C=O) groups excluding carboxylic acids is 2. The van der Waals surface area contributed by atoms with Gasteiger partial charge >= 0.3 is 5.97 Å². The van der Waals surface area contributed by atoms with Crippen molar-refractivity contribution in [2.75, 3.05) is 13.2 Å². The van der Waals surface area contributed by atoms with Gasteiger partial charge in [-0.25, -0.2) is 4.98 Å². The molecule has 7 heteroatoms. The Kier molecular flexibility index (Phi) is 8.01. The quantitative estimate of drug-likeness (QED) is 0.287. The third-order valence-electron chi connectivity index (χ3n) is 6.36. The fourth-order valence-corrected chi connectivity index (χ4v) is 4.59. The van der Waals surface area contributed by atoms with Crippen LogP contribution in [0.3, 0.4) is 0 Å². The molecule has 1 aromatic heterocycles. The van der Waals surface area contributed by atoms with Gasteiger partial charge in [0.2, 0.25) is 5.91 Å². The third-order valence-corrected chi connectivity index (χ3v) is 6.36. The highest BCUT2D eigenvalue weighted by Gasteiger charge is 2.28. The first-order valence-electron chi connectivity index (χ1n) is 12.8. The lowest BCUT2D eigenvalue weighted by Crippen LogP contribution is -2.39. The van der Waals surface area contributed by atoms with Crippen molar-refractivity contribution in [1.82, 2.24) is 14.5 Å². The Morgan fingerprint density at radius 2 is 1.65 bits per heavy atom. The van der Waals surface area contributed by atoms with Crippen molar-refractivity contribution in [1.29, 1.82) is 0 Å². The minimum atomic E-state index is -0.513. The molecule has 1 amide bonds. The van der Waals surface area contributed by atoms with Crippen LogP contribution in [-0.2, 0) is 14.3 Å². The molecule has 1 unspecified atom stereocenters. The molecule has 7 nitrogen and oxygen atoms in total. The summed E-state index contributed by atoms with van der Waals surface area (Å²) in [6.45, 7) is 8.43. The van der Waals surface area contributed by atoms with E-state index in [4.69, 9.17) is 9.72 Å². The molecule has 0 aliphatic carbocycles. The summed E-state index contributed by atoms with van der Waals surface area (Å²) in [6.07, 6.45) is 0.0420. The number of fused-ring (bicyclic) bond motifs is 2. The first-order valence-corrected chi connectivity index (χ1v) is 12.8. The number of esters is 1. The molecule has 0 fully saturated rings. The number of amides is 1. The minimum absolute atomic E-state index is 0.0105. The number of ether oxygens (including phenoxy) is 1. The first kappa shape index (κ1) is 26.1. The second-order valence-corrected chi connectivity index (χ2v) is 9.58. The zero-order chi connectivity index (χ0) is 26.5. The predicted molar refractivity (Wildman–Crippen MR) is 146 cm³/mol. The van der Waals surface area contributed by atoms with Gasteiger partial charge in [0.15, 0.2) is 0 Å². The van der Waals surface area contributed by atoms with E-state index in [1.807, 2.05) is 81.4 Å². The molecule has 37 heavy (non-hydrogen) atoms. The molecule has 4 rings (SSSR count). The van der Waals surface area contributed by atoms with Crippen LogP contribution in [0.4, 0.5) is 0 Å². The topological polar surface area (TPSA) is 81.5 Å². The van der Waals surface area contributed by atoms with Gasteiger partial charge in [0.25, 0.3) is 5.56 Å². The molecular formula is C30H33N3O4. The van der Waals surface area contributed by atoms with Crippen molar-refractivity contribution >= 4 is 33.6 Å². The average molecular weight is 500 g/mol. The fraction of sp³-hybridized carbons (Fsp3) is 0.333. The van der Waals surface area contributed by atoms with Gasteiger partial charge in [-0.05, 0) is 54.8 Å². The van der Waals surface area contributed by atoms with E-state index in [0.717, 1.165) is 10.8 Å². The van der Waals surface area contributed by atoms with Gasteiger partial charge in [-0.3, -0.25) is 19.0 Å². The maximum absolute atomic E-state index is 13.9. The lowest BCUT2D eigenvalue weighted by molar-refractivity contribution is -0.146. The van der Waals surface area contributed by atoms with Gasteiger partial charge in [-0.1, -0.05) is 56.3 Å². The maximum Gasteiger partial charge on any atom is 0.306 e. The third kappa shape index (κ3) is 5.71. The monoisotopic (exact) mass is 499 g/mol. The van der Waals surface area contributed by atoms with Crippen molar-refractivity contribution < 1.29 is 14.3 Å². The van der Waals surface area contributed by atoms with Gasteiger partial charge in [-0.2, -0.15) is 0 Å². The summed E-state index contributed by atoms with van der Waals surface area (Å²) in [5, 5.41) is 2.58. The Bertz CT molecular complexity index is 1490. The molecule has 4 aromatic rings. The van der Waals surface area contributed by atoms with E-state index in [2.05, 4.69) is 0 Å². The second-order valence-electron chi connectivity index (χ2n) is 9.58. The van der Waals surface area contributed by atoms with Gasteiger partial charge in [0.1, 0.15) is 5.82 Å². The van der Waals surface area contributed by atoms with Crippen LogP contribution >= 0.6 is 0 Å². The van der Waals surface area contributed by atoms with Gasteiger partial charge in [-0.15, -0.1) is 0 Å². The Balaban J connectivity index is 1.84. The lowest BCUT2D eigenvalue weighted by Gasteiger charge is -2.32. The molecule has 0 N–H and O–H groups in total. The van der Waals surface area contributed by atoms with Gasteiger partial charge in [0.05, 0.1) is 35.7 Å². The van der Waals surface area contributed by atoms with Crippen LogP contribution in [0.1, 0.15) is 52.4 Å². The predicted octanol–water partition coefficient (Wildman–Crippen LogP) is 5.43. The molecule has 0 aliphatic rings. The molecule has 1 atom stereocenters. The van der Waals surface area contributed by atoms with E-state index in [-0.39, 0.29) is 36.8 Å². The Morgan fingerprint density at radius 1 is 0.946 bits per heavy atom. The molecule has 0 aliphatic heterocycles. The van der Waals surface area contributed by atoms with E-state index in [9.17, 15) is 14.4 Å². The highest BCUT2D eigenvalue weighted by Crippen LogP contribution is 2.26. The van der Waals surface area contributed by atoms with E-state index in [1.54, 1.807) is 22.5 Å². The van der Waals surface area contributed by atoms with Crippen LogP contribution in [0.2, 0.25) is 0 Å². The summed E-state index contributed by atoms with van der Waals surface area (Å²) in [6, 6.07) is 20.6. The van der Waals surface area contributed by atoms with Crippen LogP contribution in [0.15, 0.2) is 71.5 Å². The van der Waals surface area contributed by atoms with E-state index in [1.165, 1.54) is 0 Å². The molecule has 192 valence electrons. The smallest absolute Gasteiger partial charge is 0.306 e. The number of aromatic nitrogens is 2. The summed E-state index contributed by atoms with van der Waals surface area (Å²) in [4.78, 5) is 45.8. The van der Waals surface area contributed by atoms with Gasteiger partial charge in [0, 0.05) is 13.0 Å². The summed E-state index contributed by atoms with van der Waals surface area (Å²) in [5.74, 6) is 0.0750. The first-order chi connectivity index (χ1) is 17.8. The highest BCUT2D eigenvalue weighted by atomic mass is 16.5. The van der Waals surface area contributed by atoms with Crippen molar-refractivity contribution in [2.45, 2.75) is 46.6 Å². The van der Waals surface area contributed by atoms with Crippen molar-refractivity contribution in [3.63, 3.8) is 0 Å². The van der Waals surface area contributed by atoms with Crippen LogP contribution < -0.4 is 5.56 Å². The fourth-order valence-electron chi connectivity index (χ4n) is 4.59. The van der Waals surface area contributed by atoms with Crippen molar-refractivity contribution in [2.24, 2.45) is 5.92 Å². The Labute approximate surface area is 216 Å². The number of benzene rings is 3. The highest BCUT2D eigenvalue weighted by molar-refractivity contribution is 5.85. The van der Waals surface area contributed by atoms with E-state index >= 15 is 0 Å². The Hall–Kier alpha value is -4.00. The van der Waals surface area contributed by atoms with E-state index in [0.29, 0.717) is 29.0 Å². The number of hydrogen-bond donors (Lipinski definition) is 0. The number of hydrogen-bond acceptors (Lipinski definition) is 5. The lowest BCUT2D eigenvalue weighted by atomic mass is 10.1. The summed E-state index contributed by atoms with van der Waals surface area (Å²) in [7, 11) is 0. The summed E-state index contributed by atoms with van der Waals surface area (Å²) >= 11 is 0. The van der Waals surface area contributed by atoms with Crippen LogP contribution in [0.5, 0.6) is 0 Å². The molecule has 0 saturated carbocycles. The SMILES string of the molecule is CCOC(=O)CCC(=O)N(CC(C)C)C(C)c1nc2ccccc2c(=O)n1-c1ccc2ccccc2c1. The summed E-state index contributed by atoms with van der Waals surface area (Å²) < 4.78 is 6.62. The molecule has 0 radical (unpaired) electrons. The molecule has 3 aromatic carbocycles. The zero-order valence-corrected chi connectivity index (χ0v) is 21.8. The minimum Gasteiger partial charge on any atom is -0.466 e. The van der Waals surface area contributed by atoms with Crippen LogP contribution in [0, 0.1) is 5.92 Å². The number of carbonyl (C=O) groups is 2. The van der Waals surface area contributed by atoms with Gasteiger partial charge < -0.3 is 9.64 Å². The summed E-state index contributed by atoms with van der Waals surface area (Å²) in [5.41, 5.74) is 1.08. The molecule has 0 bridgehead atoms. The normalized spacial score (nSPS) is 12.1. The van der Waals surface area contributed by atoms with Crippen molar-refractivity contribution in [3.8, 4) is 5.69 Å².